The summed E-state index contributed by atoms with van der Waals surface area (Å²) in [7, 11) is 0. The first-order valence-electron chi connectivity index (χ1n) is 7.32. The van der Waals surface area contributed by atoms with Gasteiger partial charge in [0.1, 0.15) is 0 Å². The molecule has 1 amide bonds. The fourth-order valence-corrected chi connectivity index (χ4v) is 2.88. The number of pyridine rings is 1. The van der Waals surface area contributed by atoms with Crippen LogP contribution in [0.5, 0.6) is 0 Å². The number of fused-ring (bicyclic) bond motifs is 1. The number of benzene rings is 1. The number of amides is 1. The molecule has 3 rings (SSSR count). The fraction of sp³-hybridized carbons (Fsp3) is 0.412. The molecule has 3 heteroatoms. The molecule has 3 nitrogen and oxygen atoms in total. The van der Waals surface area contributed by atoms with Gasteiger partial charge in [0.2, 0.25) is 0 Å². The van der Waals surface area contributed by atoms with Crippen LogP contribution in [0.1, 0.15) is 40.9 Å². The number of aryl methyl sites for hydroxylation is 2. The van der Waals surface area contributed by atoms with Crippen molar-refractivity contribution in [2.24, 2.45) is 0 Å². The van der Waals surface area contributed by atoms with Gasteiger partial charge in [-0.1, -0.05) is 11.6 Å². The summed E-state index contributed by atoms with van der Waals surface area (Å²) in [4.78, 5) is 19.2. The van der Waals surface area contributed by atoms with Gasteiger partial charge in [0.15, 0.2) is 0 Å². The van der Waals surface area contributed by atoms with Crippen LogP contribution in [0.25, 0.3) is 10.9 Å². The lowest BCUT2D eigenvalue weighted by atomic mass is 10.0. The third-order valence-electron chi connectivity index (χ3n) is 4.03. The van der Waals surface area contributed by atoms with Crippen LogP contribution in [0.2, 0.25) is 0 Å². The molecule has 0 N–H and O–H groups in total. The Labute approximate surface area is 119 Å². The van der Waals surface area contributed by atoms with E-state index in [0.717, 1.165) is 48.1 Å². The molecule has 0 saturated carbocycles. The first-order chi connectivity index (χ1) is 9.65. The first-order valence-corrected chi connectivity index (χ1v) is 7.32. The summed E-state index contributed by atoms with van der Waals surface area (Å²) in [6.07, 6.45) is 3.47. The molecule has 0 atom stereocenters. The number of aromatic nitrogens is 1. The van der Waals surface area contributed by atoms with Crippen molar-refractivity contribution in [2.75, 3.05) is 13.1 Å². The minimum Gasteiger partial charge on any atom is -0.339 e. The van der Waals surface area contributed by atoms with Crippen molar-refractivity contribution in [3.63, 3.8) is 0 Å². The third-order valence-corrected chi connectivity index (χ3v) is 4.03. The Balaban J connectivity index is 2.01. The molecule has 0 aliphatic carbocycles. The number of likely N-dealkylation sites (tertiary alicyclic amines) is 1. The second-order valence-corrected chi connectivity index (χ2v) is 5.67. The standard InChI is InChI=1S/C17H20N2O/c1-12-6-7-16-14(10-12)11-15(13(2)18-16)17(20)19-8-4-3-5-9-19/h6-7,10-11H,3-5,8-9H2,1-2H3. The van der Waals surface area contributed by atoms with Crippen LogP contribution in [-0.4, -0.2) is 28.9 Å². The molecule has 0 radical (unpaired) electrons. The summed E-state index contributed by atoms with van der Waals surface area (Å²) >= 11 is 0. The van der Waals surface area contributed by atoms with Crippen LogP contribution in [0.3, 0.4) is 0 Å². The van der Waals surface area contributed by atoms with Crippen molar-refractivity contribution in [3.05, 3.63) is 41.1 Å². The van der Waals surface area contributed by atoms with Gasteiger partial charge in [-0.3, -0.25) is 9.78 Å². The van der Waals surface area contributed by atoms with Crippen molar-refractivity contribution in [3.8, 4) is 0 Å². The summed E-state index contributed by atoms with van der Waals surface area (Å²) < 4.78 is 0. The van der Waals surface area contributed by atoms with Gasteiger partial charge < -0.3 is 4.90 Å². The molecule has 0 spiro atoms. The highest BCUT2D eigenvalue weighted by atomic mass is 16.2. The van der Waals surface area contributed by atoms with E-state index in [1.54, 1.807) is 0 Å². The lowest BCUT2D eigenvalue weighted by Crippen LogP contribution is -2.36. The number of hydrogen-bond acceptors (Lipinski definition) is 2. The Morgan fingerprint density at radius 3 is 2.60 bits per heavy atom. The molecule has 2 aromatic rings. The van der Waals surface area contributed by atoms with Crippen LogP contribution >= 0.6 is 0 Å². The smallest absolute Gasteiger partial charge is 0.255 e. The summed E-state index contributed by atoms with van der Waals surface area (Å²) in [5.74, 6) is 0.137. The van der Waals surface area contributed by atoms with Crippen molar-refractivity contribution in [1.82, 2.24) is 9.88 Å². The predicted molar refractivity (Wildman–Crippen MR) is 81.0 cm³/mol. The molecule has 1 aromatic heterocycles. The lowest BCUT2D eigenvalue weighted by molar-refractivity contribution is 0.0723. The van der Waals surface area contributed by atoms with Gasteiger partial charge in [-0.15, -0.1) is 0 Å². The lowest BCUT2D eigenvalue weighted by Gasteiger charge is -2.27. The van der Waals surface area contributed by atoms with Crippen LogP contribution in [0.15, 0.2) is 24.3 Å². The summed E-state index contributed by atoms with van der Waals surface area (Å²) in [5.41, 5.74) is 3.74. The van der Waals surface area contributed by atoms with Crippen LogP contribution in [0.4, 0.5) is 0 Å². The van der Waals surface area contributed by atoms with E-state index in [1.165, 1.54) is 12.0 Å². The molecule has 1 aliphatic rings. The zero-order valence-electron chi connectivity index (χ0n) is 12.1. The molecule has 20 heavy (non-hydrogen) atoms. The minimum absolute atomic E-state index is 0.137. The second-order valence-electron chi connectivity index (χ2n) is 5.67. The van der Waals surface area contributed by atoms with Gasteiger partial charge in [0, 0.05) is 18.5 Å². The monoisotopic (exact) mass is 268 g/mol. The Kier molecular flexibility index (Phi) is 3.43. The molecule has 1 aliphatic heterocycles. The van der Waals surface area contributed by atoms with Gasteiger partial charge in [0.25, 0.3) is 5.91 Å². The Bertz CT molecular complexity index is 657. The maximum Gasteiger partial charge on any atom is 0.255 e. The van der Waals surface area contributed by atoms with E-state index in [1.807, 2.05) is 24.0 Å². The summed E-state index contributed by atoms with van der Waals surface area (Å²) in [6.45, 7) is 5.75. The molecule has 0 bridgehead atoms. The molecule has 1 saturated heterocycles. The van der Waals surface area contributed by atoms with Crippen LogP contribution < -0.4 is 0 Å². The van der Waals surface area contributed by atoms with E-state index in [-0.39, 0.29) is 5.91 Å². The largest absolute Gasteiger partial charge is 0.339 e. The Morgan fingerprint density at radius 1 is 1.10 bits per heavy atom. The van der Waals surface area contributed by atoms with Crippen LogP contribution in [-0.2, 0) is 0 Å². The van der Waals surface area contributed by atoms with E-state index in [9.17, 15) is 4.79 Å². The van der Waals surface area contributed by atoms with Crippen molar-refractivity contribution in [1.29, 1.82) is 0 Å². The fourth-order valence-electron chi connectivity index (χ4n) is 2.88. The molecular weight excluding hydrogens is 248 g/mol. The highest BCUT2D eigenvalue weighted by molar-refractivity contribution is 5.98. The van der Waals surface area contributed by atoms with E-state index in [4.69, 9.17) is 0 Å². The van der Waals surface area contributed by atoms with Crippen molar-refractivity contribution in [2.45, 2.75) is 33.1 Å². The number of carbonyl (C=O) groups is 1. The summed E-state index contributed by atoms with van der Waals surface area (Å²) in [5, 5.41) is 1.05. The van der Waals surface area contributed by atoms with E-state index >= 15 is 0 Å². The van der Waals surface area contributed by atoms with E-state index < -0.39 is 0 Å². The van der Waals surface area contributed by atoms with Gasteiger partial charge in [-0.25, -0.2) is 0 Å². The van der Waals surface area contributed by atoms with Gasteiger partial charge in [-0.05, 0) is 51.3 Å². The Morgan fingerprint density at radius 2 is 1.85 bits per heavy atom. The Hall–Kier alpha value is -1.90. The molecule has 0 unspecified atom stereocenters. The zero-order valence-corrected chi connectivity index (χ0v) is 12.1. The van der Waals surface area contributed by atoms with Crippen molar-refractivity contribution >= 4 is 16.8 Å². The maximum absolute atomic E-state index is 12.6. The molecule has 104 valence electrons. The first kappa shape index (κ1) is 13.1. The van der Waals surface area contributed by atoms with Gasteiger partial charge in [-0.2, -0.15) is 0 Å². The highest BCUT2D eigenvalue weighted by Crippen LogP contribution is 2.20. The van der Waals surface area contributed by atoms with Crippen molar-refractivity contribution < 1.29 is 4.79 Å². The van der Waals surface area contributed by atoms with Gasteiger partial charge in [0.05, 0.1) is 16.8 Å². The molecular formula is C17H20N2O. The zero-order chi connectivity index (χ0) is 14.1. The molecule has 1 fully saturated rings. The second kappa shape index (κ2) is 5.23. The van der Waals surface area contributed by atoms with Crippen LogP contribution in [0, 0.1) is 13.8 Å². The maximum atomic E-state index is 12.6. The molecule has 1 aromatic carbocycles. The van der Waals surface area contributed by atoms with E-state index in [2.05, 4.69) is 24.0 Å². The average molecular weight is 268 g/mol. The SMILES string of the molecule is Cc1ccc2nc(C)c(C(=O)N3CCCCC3)cc2c1. The topological polar surface area (TPSA) is 33.2 Å². The number of carbonyl (C=O) groups excluding carboxylic acids is 1. The number of rotatable bonds is 1. The average Bonchev–Trinajstić information content (AvgIpc) is 2.47. The third kappa shape index (κ3) is 2.40. The molecule has 2 heterocycles. The van der Waals surface area contributed by atoms with Gasteiger partial charge >= 0.3 is 0 Å². The highest BCUT2D eigenvalue weighted by Gasteiger charge is 2.20. The number of piperidine rings is 1. The minimum atomic E-state index is 0.137. The quantitative estimate of drug-likeness (QED) is 0.793. The number of hydrogen-bond donors (Lipinski definition) is 0. The number of nitrogens with zero attached hydrogens (tertiary/aromatic N) is 2. The van der Waals surface area contributed by atoms with E-state index in [0.29, 0.717) is 0 Å². The predicted octanol–water partition coefficient (Wildman–Crippen LogP) is 3.48. The normalized spacial score (nSPS) is 15.6. The summed E-state index contributed by atoms with van der Waals surface area (Å²) in [6, 6.07) is 8.17.